The number of halogens is 1. The molecule has 2 aromatic rings. The average Bonchev–Trinajstić information content (AvgIpc) is 3.22. The number of nitrogens with one attached hydrogen (secondary N) is 3. The predicted octanol–water partition coefficient (Wildman–Crippen LogP) is 3.53. The lowest BCUT2D eigenvalue weighted by Crippen LogP contribution is -2.38. The summed E-state index contributed by atoms with van der Waals surface area (Å²) in [5.74, 6) is 2.03. The molecule has 0 radical (unpaired) electrons. The van der Waals surface area contributed by atoms with Gasteiger partial charge in [-0.3, -0.25) is 4.79 Å². The number of methoxy groups -OCH3 is 1. The number of anilines is 1. The highest BCUT2D eigenvalue weighted by Gasteiger charge is 2.06. The quantitative estimate of drug-likeness (QED) is 0.178. The monoisotopic (exact) mass is 530 g/mol. The van der Waals surface area contributed by atoms with Crippen molar-refractivity contribution < 1.29 is 18.7 Å². The van der Waals surface area contributed by atoms with E-state index >= 15 is 0 Å². The molecule has 166 valence electrons. The number of aliphatic imine (C=N–C) groups is 1. The first kappa shape index (κ1) is 25.8. The Kier molecular flexibility index (Phi) is 12.6. The molecular weight excluding hydrogens is 499 g/mol. The normalized spacial score (nSPS) is 10.8. The van der Waals surface area contributed by atoms with Crippen molar-refractivity contribution in [1.29, 1.82) is 0 Å². The minimum absolute atomic E-state index is 0. The Labute approximate surface area is 194 Å². The highest BCUT2D eigenvalue weighted by Crippen LogP contribution is 2.25. The zero-order chi connectivity index (χ0) is 20.9. The van der Waals surface area contributed by atoms with Crippen molar-refractivity contribution in [2.24, 2.45) is 4.99 Å². The molecule has 0 atom stereocenters. The van der Waals surface area contributed by atoms with Crippen molar-refractivity contribution in [2.45, 2.75) is 33.4 Å². The highest BCUT2D eigenvalue weighted by atomic mass is 127. The van der Waals surface area contributed by atoms with E-state index in [2.05, 4.69) is 20.9 Å². The maximum Gasteiger partial charge on any atom is 0.221 e. The lowest BCUT2D eigenvalue weighted by Gasteiger charge is -2.13. The Bertz CT molecular complexity index is 781. The Morgan fingerprint density at radius 3 is 2.73 bits per heavy atom. The molecule has 0 fully saturated rings. The summed E-state index contributed by atoms with van der Waals surface area (Å²) in [7, 11) is 1.57. The van der Waals surface area contributed by atoms with E-state index in [9.17, 15) is 4.79 Å². The van der Waals surface area contributed by atoms with Gasteiger partial charge in [0.05, 0.1) is 25.6 Å². The number of guanidine groups is 1. The molecule has 1 amide bonds. The second-order valence-electron chi connectivity index (χ2n) is 6.32. The lowest BCUT2D eigenvalue weighted by molar-refractivity contribution is -0.114. The summed E-state index contributed by atoms with van der Waals surface area (Å²) in [4.78, 5) is 16.0. The molecule has 3 N–H and O–H groups in total. The second kappa shape index (κ2) is 14.7. The molecule has 0 saturated carbocycles. The van der Waals surface area contributed by atoms with Gasteiger partial charge in [-0.2, -0.15) is 0 Å². The van der Waals surface area contributed by atoms with E-state index in [0.717, 1.165) is 36.8 Å². The van der Waals surface area contributed by atoms with Gasteiger partial charge in [0.1, 0.15) is 18.1 Å². The fourth-order valence-electron chi connectivity index (χ4n) is 2.60. The summed E-state index contributed by atoms with van der Waals surface area (Å²) in [5.41, 5.74) is 1.60. The van der Waals surface area contributed by atoms with Gasteiger partial charge < -0.3 is 29.8 Å². The van der Waals surface area contributed by atoms with E-state index in [-0.39, 0.29) is 29.9 Å². The molecule has 2 rings (SSSR count). The Morgan fingerprint density at radius 1 is 1.23 bits per heavy atom. The smallest absolute Gasteiger partial charge is 0.221 e. The van der Waals surface area contributed by atoms with Crippen molar-refractivity contribution >= 4 is 41.5 Å². The third kappa shape index (κ3) is 9.49. The van der Waals surface area contributed by atoms with Crippen LogP contribution >= 0.6 is 24.0 Å². The largest absolute Gasteiger partial charge is 0.495 e. The minimum Gasteiger partial charge on any atom is -0.495 e. The number of nitrogens with zero attached hydrogens (tertiary/aromatic N) is 1. The molecule has 8 nitrogen and oxygen atoms in total. The van der Waals surface area contributed by atoms with Crippen LogP contribution < -0.4 is 20.7 Å². The van der Waals surface area contributed by atoms with E-state index in [0.29, 0.717) is 31.2 Å². The Hall–Kier alpha value is -2.27. The maximum atomic E-state index is 11.4. The molecular formula is C21H31IN4O4. The van der Waals surface area contributed by atoms with E-state index in [1.807, 2.05) is 37.3 Å². The van der Waals surface area contributed by atoms with Crippen LogP contribution in [0, 0.1) is 0 Å². The predicted molar refractivity (Wildman–Crippen MR) is 129 cm³/mol. The van der Waals surface area contributed by atoms with Gasteiger partial charge in [0.15, 0.2) is 5.96 Å². The fraction of sp³-hybridized carbons (Fsp3) is 0.429. The van der Waals surface area contributed by atoms with Crippen LogP contribution in [0.5, 0.6) is 5.75 Å². The topological polar surface area (TPSA) is 97.1 Å². The minimum atomic E-state index is -0.145. The summed E-state index contributed by atoms with van der Waals surface area (Å²) in [6, 6.07) is 9.37. The number of furan rings is 1. The first-order valence-electron chi connectivity index (χ1n) is 9.69. The summed E-state index contributed by atoms with van der Waals surface area (Å²) in [5, 5.41) is 9.30. The third-order valence-electron chi connectivity index (χ3n) is 3.92. The van der Waals surface area contributed by atoms with Gasteiger partial charge in [-0.05, 0) is 43.2 Å². The van der Waals surface area contributed by atoms with E-state index in [4.69, 9.17) is 13.9 Å². The van der Waals surface area contributed by atoms with Gasteiger partial charge in [-0.15, -0.1) is 24.0 Å². The van der Waals surface area contributed by atoms with Crippen molar-refractivity contribution in [2.75, 3.05) is 32.1 Å². The number of benzene rings is 1. The second-order valence-corrected chi connectivity index (χ2v) is 6.32. The summed E-state index contributed by atoms with van der Waals surface area (Å²) in [6.45, 7) is 6.58. The molecule has 1 aromatic heterocycles. The van der Waals surface area contributed by atoms with E-state index < -0.39 is 0 Å². The molecule has 0 unspecified atom stereocenters. The number of amides is 1. The Morgan fingerprint density at radius 2 is 2.07 bits per heavy atom. The van der Waals surface area contributed by atoms with Gasteiger partial charge in [0.2, 0.25) is 5.91 Å². The maximum absolute atomic E-state index is 11.4. The van der Waals surface area contributed by atoms with Crippen molar-refractivity contribution in [3.05, 3.63) is 47.9 Å². The van der Waals surface area contributed by atoms with Crippen LogP contribution in [-0.4, -0.2) is 38.7 Å². The molecule has 0 aliphatic carbocycles. The molecule has 1 aromatic carbocycles. The third-order valence-corrected chi connectivity index (χ3v) is 3.92. The summed E-state index contributed by atoms with van der Waals surface area (Å²) >= 11 is 0. The standard InChI is InChI=1S/C21H30N4O4.HI/c1-4-22-21(23-10-6-11-28-15-18-7-5-12-29-18)24-14-17-8-9-20(27-3)19(13-17)25-16(2)26;/h5,7-9,12-13H,4,6,10-11,14-15H2,1-3H3,(H,25,26)(H2,22,23,24);1H. The first-order chi connectivity index (χ1) is 14.1. The van der Waals surface area contributed by atoms with Crippen LogP contribution in [0.1, 0.15) is 31.6 Å². The van der Waals surface area contributed by atoms with Gasteiger partial charge >= 0.3 is 0 Å². The highest BCUT2D eigenvalue weighted by molar-refractivity contribution is 14.0. The van der Waals surface area contributed by atoms with Gasteiger partial charge in [0.25, 0.3) is 0 Å². The molecule has 30 heavy (non-hydrogen) atoms. The number of rotatable bonds is 11. The molecule has 9 heteroatoms. The van der Waals surface area contributed by atoms with Crippen LogP contribution in [0.2, 0.25) is 0 Å². The molecule has 0 aliphatic heterocycles. The van der Waals surface area contributed by atoms with E-state index in [1.54, 1.807) is 13.4 Å². The Balaban J connectivity index is 0.00000450. The molecule has 0 bridgehead atoms. The zero-order valence-corrected chi connectivity index (χ0v) is 20.0. The number of hydrogen-bond acceptors (Lipinski definition) is 5. The van der Waals surface area contributed by atoms with E-state index in [1.165, 1.54) is 6.92 Å². The van der Waals surface area contributed by atoms with Gasteiger partial charge in [-0.25, -0.2) is 4.99 Å². The molecule has 0 spiro atoms. The van der Waals surface area contributed by atoms with Crippen LogP contribution in [-0.2, 0) is 22.7 Å². The van der Waals surface area contributed by atoms with Crippen molar-refractivity contribution in [1.82, 2.24) is 10.6 Å². The van der Waals surface area contributed by atoms with Gasteiger partial charge in [-0.1, -0.05) is 6.07 Å². The zero-order valence-electron chi connectivity index (χ0n) is 17.7. The van der Waals surface area contributed by atoms with Crippen LogP contribution in [0.3, 0.4) is 0 Å². The number of carbonyl (C=O) groups is 1. The first-order valence-corrected chi connectivity index (χ1v) is 9.69. The molecule has 0 saturated heterocycles. The van der Waals surface area contributed by atoms with Crippen LogP contribution in [0.25, 0.3) is 0 Å². The average molecular weight is 530 g/mol. The number of hydrogen-bond donors (Lipinski definition) is 3. The van der Waals surface area contributed by atoms with Crippen molar-refractivity contribution in [3.8, 4) is 5.75 Å². The molecule has 0 aliphatic rings. The summed E-state index contributed by atoms with van der Waals surface area (Å²) < 4.78 is 16.1. The molecule has 1 heterocycles. The van der Waals surface area contributed by atoms with Crippen LogP contribution in [0.15, 0.2) is 46.0 Å². The lowest BCUT2D eigenvalue weighted by atomic mass is 10.2. The number of ether oxygens (including phenoxy) is 2. The fourth-order valence-corrected chi connectivity index (χ4v) is 2.60. The van der Waals surface area contributed by atoms with Gasteiger partial charge in [0, 0.05) is 26.6 Å². The van der Waals surface area contributed by atoms with Crippen molar-refractivity contribution in [3.63, 3.8) is 0 Å². The SMILES string of the molecule is CCNC(=NCc1ccc(OC)c(NC(C)=O)c1)NCCCOCc1ccco1.I. The van der Waals surface area contributed by atoms with Crippen LogP contribution in [0.4, 0.5) is 5.69 Å². The summed E-state index contributed by atoms with van der Waals surface area (Å²) in [6.07, 6.45) is 2.49. The number of carbonyl (C=O) groups excluding carboxylic acids is 1.